The van der Waals surface area contributed by atoms with Crippen LogP contribution in [-0.2, 0) is 4.79 Å². The smallest absolute Gasteiger partial charge is 0.255 e. The fourth-order valence-electron chi connectivity index (χ4n) is 6.03. The maximum absolute atomic E-state index is 14.2. The Morgan fingerprint density at radius 1 is 1.15 bits per heavy atom. The summed E-state index contributed by atoms with van der Waals surface area (Å²) in [7, 11) is 3.21. The number of fused-ring (bicyclic) bond motifs is 1. The topological polar surface area (TPSA) is 121 Å². The number of nitrogens with two attached hydrogens (primary N) is 1. The molecule has 1 saturated heterocycles. The summed E-state index contributed by atoms with van der Waals surface area (Å²) in [6.07, 6.45) is 9.90. The van der Waals surface area contributed by atoms with E-state index >= 15 is 0 Å². The SMILES string of the molecule is C=C/C=C(\C=C/C)C(CN1CCC(CNC(=O)c2cc3ccccc3cc2OC)NC(CCCNC(N)=NC)C1=O)c1ccccc1. The van der Waals surface area contributed by atoms with Gasteiger partial charge in [-0.3, -0.25) is 14.6 Å². The van der Waals surface area contributed by atoms with Crippen molar-refractivity contribution in [3.8, 4) is 5.75 Å². The number of nitrogens with zero attached hydrogens (tertiary/aromatic N) is 2. The zero-order valence-corrected chi connectivity index (χ0v) is 27.7. The Morgan fingerprint density at radius 2 is 1.87 bits per heavy atom. The molecular formula is C38H48N6O3. The van der Waals surface area contributed by atoms with Crippen LogP contribution in [0.25, 0.3) is 10.8 Å². The first-order valence-corrected chi connectivity index (χ1v) is 16.2. The molecule has 1 aliphatic rings. The highest BCUT2D eigenvalue weighted by molar-refractivity contribution is 6.01. The average Bonchev–Trinajstić information content (AvgIpc) is 3.25. The lowest BCUT2D eigenvalue weighted by atomic mass is 9.89. The number of benzene rings is 3. The number of carbonyl (C=O) groups is 2. The first-order chi connectivity index (χ1) is 22.9. The van der Waals surface area contributed by atoms with E-state index in [1.165, 1.54) is 0 Å². The number of aliphatic imine (C=N–C) groups is 1. The summed E-state index contributed by atoms with van der Waals surface area (Å²) in [4.78, 5) is 33.6. The van der Waals surface area contributed by atoms with Gasteiger partial charge in [0.2, 0.25) is 5.91 Å². The first kappa shape index (κ1) is 35.0. The van der Waals surface area contributed by atoms with Crippen molar-refractivity contribution in [3.05, 3.63) is 114 Å². The molecule has 0 aliphatic carbocycles. The van der Waals surface area contributed by atoms with E-state index in [1.54, 1.807) is 20.2 Å². The van der Waals surface area contributed by atoms with Gasteiger partial charge in [-0.2, -0.15) is 0 Å². The third-order valence-electron chi connectivity index (χ3n) is 8.51. The number of nitrogens with one attached hydrogen (secondary N) is 3. The Balaban J connectivity index is 1.54. The normalized spacial score (nSPS) is 18.2. The van der Waals surface area contributed by atoms with E-state index < -0.39 is 6.04 Å². The van der Waals surface area contributed by atoms with E-state index in [0.29, 0.717) is 62.7 Å². The summed E-state index contributed by atoms with van der Waals surface area (Å²) in [6.45, 7) is 7.96. The minimum Gasteiger partial charge on any atom is -0.496 e. The van der Waals surface area contributed by atoms with Crippen molar-refractivity contribution >= 4 is 28.5 Å². The second-order valence-electron chi connectivity index (χ2n) is 11.6. The maximum atomic E-state index is 14.2. The maximum Gasteiger partial charge on any atom is 0.255 e. The molecule has 5 N–H and O–H groups in total. The van der Waals surface area contributed by atoms with Crippen LogP contribution in [0.1, 0.15) is 48.0 Å². The van der Waals surface area contributed by atoms with Gasteiger partial charge < -0.3 is 31.3 Å². The molecule has 1 fully saturated rings. The predicted octanol–water partition coefficient (Wildman–Crippen LogP) is 4.92. The molecular weight excluding hydrogens is 588 g/mol. The molecule has 1 aliphatic heterocycles. The number of rotatable bonds is 14. The summed E-state index contributed by atoms with van der Waals surface area (Å²) in [6, 6.07) is 21.3. The Morgan fingerprint density at radius 3 is 2.55 bits per heavy atom. The molecule has 47 heavy (non-hydrogen) atoms. The van der Waals surface area contributed by atoms with Crippen molar-refractivity contribution in [2.24, 2.45) is 10.7 Å². The van der Waals surface area contributed by atoms with Crippen LogP contribution in [-0.4, -0.2) is 75.1 Å². The lowest BCUT2D eigenvalue weighted by Crippen LogP contribution is -2.49. The molecule has 1 heterocycles. The summed E-state index contributed by atoms with van der Waals surface area (Å²) in [5, 5.41) is 11.7. The third kappa shape index (κ3) is 9.56. The summed E-state index contributed by atoms with van der Waals surface area (Å²) in [5.74, 6) is 0.688. The van der Waals surface area contributed by atoms with Crippen molar-refractivity contribution in [2.45, 2.75) is 44.2 Å². The van der Waals surface area contributed by atoms with E-state index in [1.807, 2.05) is 78.6 Å². The monoisotopic (exact) mass is 636 g/mol. The van der Waals surface area contributed by atoms with Crippen LogP contribution in [0.3, 0.4) is 0 Å². The molecule has 0 saturated carbocycles. The number of hydrogen-bond donors (Lipinski definition) is 4. The van der Waals surface area contributed by atoms with Gasteiger partial charge in [0.05, 0.1) is 18.7 Å². The molecule has 2 amide bonds. The number of hydrogen-bond acceptors (Lipinski definition) is 5. The van der Waals surface area contributed by atoms with Gasteiger partial charge in [0.1, 0.15) is 5.75 Å². The van der Waals surface area contributed by atoms with Crippen LogP contribution in [0.5, 0.6) is 5.75 Å². The number of amides is 2. The second kappa shape index (κ2) is 17.7. The van der Waals surface area contributed by atoms with Crippen molar-refractivity contribution in [1.29, 1.82) is 0 Å². The lowest BCUT2D eigenvalue weighted by molar-refractivity contribution is -0.133. The van der Waals surface area contributed by atoms with Crippen LogP contribution in [0.4, 0.5) is 0 Å². The van der Waals surface area contributed by atoms with Gasteiger partial charge in [-0.1, -0.05) is 85.5 Å². The molecule has 3 aromatic carbocycles. The highest BCUT2D eigenvalue weighted by atomic mass is 16.5. The minimum atomic E-state index is -0.429. The number of methoxy groups -OCH3 is 1. The lowest BCUT2D eigenvalue weighted by Gasteiger charge is -2.30. The van der Waals surface area contributed by atoms with Gasteiger partial charge in [0, 0.05) is 45.2 Å². The molecule has 9 heteroatoms. The molecule has 0 aromatic heterocycles. The molecule has 0 radical (unpaired) electrons. The minimum absolute atomic E-state index is 0.0335. The molecule has 4 rings (SSSR count). The Hall–Kier alpha value is -4.89. The zero-order valence-electron chi connectivity index (χ0n) is 27.7. The van der Waals surface area contributed by atoms with Crippen molar-refractivity contribution in [3.63, 3.8) is 0 Å². The first-order valence-electron chi connectivity index (χ1n) is 16.2. The number of carbonyl (C=O) groups excluding carboxylic acids is 2. The van der Waals surface area contributed by atoms with Gasteiger partial charge in [-0.25, -0.2) is 0 Å². The Kier molecular flexibility index (Phi) is 13.2. The van der Waals surface area contributed by atoms with Gasteiger partial charge in [-0.15, -0.1) is 0 Å². The molecule has 0 bridgehead atoms. The third-order valence-corrected chi connectivity index (χ3v) is 8.51. The fraction of sp³-hybridized carbons (Fsp3) is 0.342. The Bertz CT molecular complexity index is 1600. The predicted molar refractivity (Wildman–Crippen MR) is 192 cm³/mol. The van der Waals surface area contributed by atoms with Crippen molar-refractivity contribution < 1.29 is 14.3 Å². The molecule has 0 spiro atoms. The quantitative estimate of drug-likeness (QED) is 0.0863. The van der Waals surface area contributed by atoms with E-state index in [-0.39, 0.29) is 23.8 Å². The summed E-state index contributed by atoms with van der Waals surface area (Å²) >= 11 is 0. The number of allylic oxidation sites excluding steroid dienone is 4. The number of ether oxygens (including phenoxy) is 1. The standard InChI is InChI=1S/C38H48N6O3/c1-5-13-27(14-6-2)33(28-15-8-7-9-16-28)26-44-22-20-31(43-34(37(44)46)19-12-21-41-38(39)40-3)25-42-36(45)32-23-29-17-10-11-18-30(29)24-35(32)47-4/h5-11,13-18,23-24,31,33-34,43H,1,12,19-22,25-26H2,2-4H3,(H,42,45)(H3,39,40,41)/b14-6-,27-13+. The van der Waals surface area contributed by atoms with E-state index in [0.717, 1.165) is 21.9 Å². The van der Waals surface area contributed by atoms with Crippen LogP contribution in [0.15, 0.2) is 108 Å². The van der Waals surface area contributed by atoms with E-state index in [9.17, 15) is 9.59 Å². The second-order valence-corrected chi connectivity index (χ2v) is 11.6. The molecule has 3 atom stereocenters. The van der Waals surface area contributed by atoms with Crippen molar-refractivity contribution in [2.75, 3.05) is 40.3 Å². The van der Waals surface area contributed by atoms with Gasteiger partial charge >= 0.3 is 0 Å². The van der Waals surface area contributed by atoms with Crippen LogP contribution in [0, 0.1) is 0 Å². The van der Waals surface area contributed by atoms with Crippen molar-refractivity contribution in [1.82, 2.24) is 20.9 Å². The highest BCUT2D eigenvalue weighted by Crippen LogP contribution is 2.29. The van der Waals surface area contributed by atoms with Gasteiger partial charge in [-0.05, 0) is 60.2 Å². The summed E-state index contributed by atoms with van der Waals surface area (Å²) < 4.78 is 5.57. The van der Waals surface area contributed by atoms with Crippen LogP contribution >= 0.6 is 0 Å². The van der Waals surface area contributed by atoms with Crippen LogP contribution in [0.2, 0.25) is 0 Å². The van der Waals surface area contributed by atoms with Gasteiger partial charge in [0.15, 0.2) is 5.96 Å². The fourth-order valence-corrected chi connectivity index (χ4v) is 6.03. The molecule has 3 unspecified atom stereocenters. The van der Waals surface area contributed by atoms with E-state index in [2.05, 4.69) is 45.7 Å². The summed E-state index contributed by atoms with van der Waals surface area (Å²) in [5.41, 5.74) is 8.52. The van der Waals surface area contributed by atoms with E-state index in [4.69, 9.17) is 10.5 Å². The van der Waals surface area contributed by atoms with Gasteiger partial charge in [0.25, 0.3) is 5.91 Å². The Labute approximate surface area is 278 Å². The largest absolute Gasteiger partial charge is 0.496 e. The zero-order chi connectivity index (χ0) is 33.6. The van der Waals surface area contributed by atoms with Crippen LogP contribution < -0.4 is 26.4 Å². The molecule has 248 valence electrons. The molecule has 9 nitrogen and oxygen atoms in total. The number of guanidine groups is 1. The molecule has 3 aromatic rings. The average molecular weight is 637 g/mol. The highest BCUT2D eigenvalue weighted by Gasteiger charge is 2.33.